The second-order valence-corrected chi connectivity index (χ2v) is 6.41. The SMILES string of the molecule is [N-]=[N+]=NCCCCCOc1ccc(CC(N)C(=O)OCc2ccccc2)cc1. The van der Waals surface area contributed by atoms with Crippen molar-refractivity contribution in [3.05, 3.63) is 76.2 Å². The van der Waals surface area contributed by atoms with Crippen molar-refractivity contribution in [2.24, 2.45) is 10.8 Å². The monoisotopic (exact) mass is 382 g/mol. The Morgan fingerprint density at radius 1 is 1.04 bits per heavy atom. The summed E-state index contributed by atoms with van der Waals surface area (Å²) in [6, 6.07) is 16.4. The first-order valence-corrected chi connectivity index (χ1v) is 9.38. The number of nitrogens with two attached hydrogens (primary N) is 1. The Kier molecular flexibility index (Phi) is 9.41. The molecule has 0 saturated heterocycles. The van der Waals surface area contributed by atoms with Gasteiger partial charge in [0.1, 0.15) is 18.4 Å². The van der Waals surface area contributed by atoms with Gasteiger partial charge in [0.25, 0.3) is 0 Å². The number of carbonyl (C=O) groups is 1. The van der Waals surface area contributed by atoms with Gasteiger partial charge >= 0.3 is 5.97 Å². The van der Waals surface area contributed by atoms with Gasteiger partial charge in [-0.1, -0.05) is 47.6 Å². The van der Waals surface area contributed by atoms with Gasteiger partial charge in [-0.2, -0.15) is 0 Å². The minimum Gasteiger partial charge on any atom is -0.494 e. The van der Waals surface area contributed by atoms with E-state index in [0.29, 0.717) is 19.6 Å². The molecule has 0 saturated carbocycles. The molecule has 0 amide bonds. The molecule has 0 spiro atoms. The average molecular weight is 382 g/mol. The normalized spacial score (nSPS) is 11.3. The standard InChI is InChI=1S/C21H26N4O3/c22-20(21(26)28-16-18-7-3-1-4-8-18)15-17-9-11-19(12-10-17)27-14-6-2-5-13-24-25-23/h1,3-4,7-12,20H,2,5-6,13-16,22H2. The number of carbonyl (C=O) groups excluding carboxylic acids is 1. The number of unbranched alkanes of at least 4 members (excludes halogenated alkanes) is 2. The van der Waals surface area contributed by atoms with Gasteiger partial charge in [0, 0.05) is 11.5 Å². The van der Waals surface area contributed by atoms with Crippen LogP contribution in [0.15, 0.2) is 59.7 Å². The van der Waals surface area contributed by atoms with Crippen LogP contribution >= 0.6 is 0 Å². The quantitative estimate of drug-likeness (QED) is 0.195. The number of hydrogen-bond donors (Lipinski definition) is 1. The van der Waals surface area contributed by atoms with Crippen LogP contribution < -0.4 is 10.5 Å². The molecule has 0 radical (unpaired) electrons. The Morgan fingerprint density at radius 2 is 1.79 bits per heavy atom. The Hall–Kier alpha value is -3.02. The van der Waals surface area contributed by atoms with Gasteiger partial charge in [-0.25, -0.2) is 0 Å². The van der Waals surface area contributed by atoms with E-state index in [0.717, 1.165) is 36.1 Å². The minimum atomic E-state index is -0.702. The summed E-state index contributed by atoms with van der Waals surface area (Å²) >= 11 is 0. The lowest BCUT2D eigenvalue weighted by Crippen LogP contribution is -2.34. The molecule has 0 aliphatic heterocycles. The van der Waals surface area contributed by atoms with E-state index in [1.54, 1.807) is 0 Å². The molecule has 1 unspecified atom stereocenters. The van der Waals surface area contributed by atoms with Gasteiger partial charge < -0.3 is 15.2 Å². The molecule has 0 aliphatic rings. The Balaban J connectivity index is 1.67. The van der Waals surface area contributed by atoms with Crippen molar-refractivity contribution in [1.82, 2.24) is 0 Å². The largest absolute Gasteiger partial charge is 0.494 e. The first-order chi connectivity index (χ1) is 13.7. The molecule has 0 aliphatic carbocycles. The molecule has 7 nitrogen and oxygen atoms in total. The maximum Gasteiger partial charge on any atom is 0.323 e. The Morgan fingerprint density at radius 3 is 2.50 bits per heavy atom. The number of rotatable bonds is 12. The molecule has 2 rings (SSSR count). The summed E-state index contributed by atoms with van der Waals surface area (Å²) < 4.78 is 11.0. The summed E-state index contributed by atoms with van der Waals surface area (Å²) in [6.07, 6.45) is 3.13. The zero-order valence-electron chi connectivity index (χ0n) is 15.9. The van der Waals surface area contributed by atoms with E-state index in [2.05, 4.69) is 10.0 Å². The van der Waals surface area contributed by atoms with Gasteiger partial charge in [0.05, 0.1) is 6.61 Å². The molecule has 0 bridgehead atoms. The van der Waals surface area contributed by atoms with Crippen LogP contribution in [0.1, 0.15) is 30.4 Å². The second-order valence-electron chi connectivity index (χ2n) is 6.41. The van der Waals surface area contributed by atoms with E-state index in [1.807, 2.05) is 54.6 Å². The van der Waals surface area contributed by atoms with Crippen molar-refractivity contribution < 1.29 is 14.3 Å². The third-order valence-corrected chi connectivity index (χ3v) is 4.14. The Bertz CT molecular complexity index is 759. The molecule has 2 aromatic rings. The highest BCUT2D eigenvalue weighted by Gasteiger charge is 2.15. The minimum absolute atomic E-state index is 0.225. The first-order valence-electron chi connectivity index (χ1n) is 9.38. The lowest BCUT2D eigenvalue weighted by atomic mass is 10.1. The van der Waals surface area contributed by atoms with Crippen LogP contribution in [-0.2, 0) is 22.6 Å². The fourth-order valence-electron chi connectivity index (χ4n) is 2.59. The molecule has 0 aromatic heterocycles. The van der Waals surface area contributed by atoms with Crippen LogP contribution in [0.25, 0.3) is 10.4 Å². The summed E-state index contributed by atoms with van der Waals surface area (Å²) in [4.78, 5) is 14.8. The van der Waals surface area contributed by atoms with E-state index < -0.39 is 12.0 Å². The lowest BCUT2D eigenvalue weighted by Gasteiger charge is -2.12. The zero-order valence-corrected chi connectivity index (χ0v) is 15.9. The second kappa shape index (κ2) is 12.4. The van der Waals surface area contributed by atoms with Gasteiger partial charge in [-0.15, -0.1) is 0 Å². The lowest BCUT2D eigenvalue weighted by molar-refractivity contribution is -0.146. The highest BCUT2D eigenvalue weighted by molar-refractivity contribution is 5.75. The zero-order chi connectivity index (χ0) is 20.0. The smallest absolute Gasteiger partial charge is 0.323 e. The third kappa shape index (κ3) is 8.12. The molecular formula is C21H26N4O3. The molecule has 0 fully saturated rings. The van der Waals surface area contributed by atoms with Gasteiger partial charge in [-0.05, 0) is 54.5 Å². The van der Waals surface area contributed by atoms with Crippen LogP contribution in [0.5, 0.6) is 5.75 Å². The number of nitrogens with zero attached hydrogens (tertiary/aromatic N) is 3. The van der Waals surface area contributed by atoms with Crippen LogP contribution in [0, 0.1) is 0 Å². The maximum atomic E-state index is 12.1. The molecular weight excluding hydrogens is 356 g/mol. The van der Waals surface area contributed by atoms with E-state index in [1.165, 1.54) is 0 Å². The predicted octanol–water partition coefficient (Wildman–Crippen LogP) is 4.16. The highest BCUT2D eigenvalue weighted by atomic mass is 16.5. The van der Waals surface area contributed by atoms with Crippen LogP contribution in [0.4, 0.5) is 0 Å². The molecule has 28 heavy (non-hydrogen) atoms. The van der Waals surface area contributed by atoms with Crippen LogP contribution in [-0.4, -0.2) is 25.2 Å². The third-order valence-electron chi connectivity index (χ3n) is 4.14. The van der Waals surface area contributed by atoms with Crippen LogP contribution in [0.3, 0.4) is 0 Å². The predicted molar refractivity (Wildman–Crippen MR) is 108 cm³/mol. The summed E-state index contributed by atoms with van der Waals surface area (Å²) in [5.74, 6) is 0.365. The molecule has 0 heterocycles. The molecule has 7 heteroatoms. The van der Waals surface area contributed by atoms with Gasteiger partial charge in [-0.3, -0.25) is 4.79 Å². The molecule has 148 valence electrons. The van der Waals surface area contributed by atoms with Crippen molar-refractivity contribution in [2.45, 2.75) is 38.3 Å². The number of esters is 1. The van der Waals surface area contributed by atoms with E-state index >= 15 is 0 Å². The fourth-order valence-corrected chi connectivity index (χ4v) is 2.59. The molecule has 2 aromatic carbocycles. The van der Waals surface area contributed by atoms with Crippen molar-refractivity contribution in [3.8, 4) is 5.75 Å². The van der Waals surface area contributed by atoms with E-state index in [9.17, 15) is 4.79 Å². The summed E-state index contributed by atoms with van der Waals surface area (Å²) in [5.41, 5.74) is 16.0. The molecule has 2 N–H and O–H groups in total. The number of hydrogen-bond acceptors (Lipinski definition) is 5. The van der Waals surface area contributed by atoms with Crippen molar-refractivity contribution in [3.63, 3.8) is 0 Å². The van der Waals surface area contributed by atoms with E-state index in [4.69, 9.17) is 20.7 Å². The summed E-state index contributed by atoms with van der Waals surface area (Å²) in [5, 5.41) is 3.50. The number of azide groups is 1. The topological polar surface area (TPSA) is 110 Å². The number of benzene rings is 2. The first kappa shape index (κ1) is 21.3. The summed E-state index contributed by atoms with van der Waals surface area (Å²) in [7, 11) is 0. The van der Waals surface area contributed by atoms with Gasteiger partial charge in [0.2, 0.25) is 0 Å². The molecule has 1 atom stereocenters. The summed E-state index contributed by atoms with van der Waals surface area (Å²) in [6.45, 7) is 1.36. The van der Waals surface area contributed by atoms with Gasteiger partial charge in [0.15, 0.2) is 0 Å². The number of ether oxygens (including phenoxy) is 2. The van der Waals surface area contributed by atoms with Crippen LogP contribution in [0.2, 0.25) is 0 Å². The fraction of sp³-hybridized carbons (Fsp3) is 0.381. The van der Waals surface area contributed by atoms with Crippen molar-refractivity contribution >= 4 is 5.97 Å². The van der Waals surface area contributed by atoms with Crippen molar-refractivity contribution in [1.29, 1.82) is 0 Å². The average Bonchev–Trinajstić information content (AvgIpc) is 2.73. The van der Waals surface area contributed by atoms with Crippen molar-refractivity contribution in [2.75, 3.05) is 13.2 Å². The Labute approximate surface area is 165 Å². The highest BCUT2D eigenvalue weighted by Crippen LogP contribution is 2.14. The van der Waals surface area contributed by atoms with E-state index in [-0.39, 0.29) is 6.61 Å². The maximum absolute atomic E-state index is 12.1.